The van der Waals surface area contributed by atoms with Crippen LogP contribution in [-0.2, 0) is 21.2 Å². The molecule has 0 aromatic heterocycles. The molecule has 0 spiro atoms. The molecule has 0 saturated carbocycles. The lowest BCUT2D eigenvalue weighted by molar-refractivity contribution is -0.130. The topological polar surface area (TPSA) is 66.9 Å². The predicted octanol–water partition coefficient (Wildman–Crippen LogP) is 1.90. The van der Waals surface area contributed by atoms with Crippen molar-refractivity contribution in [3.05, 3.63) is 29.8 Å². The highest BCUT2D eigenvalue weighted by Gasteiger charge is 2.26. The Kier molecular flexibility index (Phi) is 7.25. The molecular formula is C18H28N2O4S. The molecule has 1 aliphatic heterocycles. The van der Waals surface area contributed by atoms with E-state index in [2.05, 4.69) is 0 Å². The van der Waals surface area contributed by atoms with Crippen molar-refractivity contribution in [2.24, 2.45) is 0 Å². The maximum atomic E-state index is 12.5. The Morgan fingerprint density at radius 3 is 2.44 bits per heavy atom. The van der Waals surface area contributed by atoms with Crippen molar-refractivity contribution in [2.75, 3.05) is 38.5 Å². The SMILES string of the molecule is CCCS(=O)(=O)N1CCCN(C(=O)Cc2ccc(OCC)cc2)CC1. The van der Waals surface area contributed by atoms with Crippen LogP contribution in [0.2, 0.25) is 0 Å². The summed E-state index contributed by atoms with van der Waals surface area (Å²) in [6.07, 6.45) is 1.62. The highest BCUT2D eigenvalue weighted by molar-refractivity contribution is 7.89. The minimum atomic E-state index is -3.19. The zero-order valence-electron chi connectivity index (χ0n) is 15.1. The van der Waals surface area contributed by atoms with E-state index >= 15 is 0 Å². The first kappa shape index (κ1) is 19.7. The van der Waals surface area contributed by atoms with Gasteiger partial charge < -0.3 is 9.64 Å². The molecule has 1 fully saturated rings. The lowest BCUT2D eigenvalue weighted by Gasteiger charge is -2.22. The molecule has 1 aromatic carbocycles. The third kappa shape index (κ3) is 5.71. The summed E-state index contributed by atoms with van der Waals surface area (Å²) in [7, 11) is -3.19. The molecule has 2 rings (SSSR count). The Balaban J connectivity index is 1.92. The van der Waals surface area contributed by atoms with Crippen LogP contribution in [0, 0.1) is 0 Å². The van der Waals surface area contributed by atoms with Crippen LogP contribution in [0.3, 0.4) is 0 Å². The van der Waals surface area contributed by atoms with Crippen molar-refractivity contribution in [1.29, 1.82) is 0 Å². The summed E-state index contributed by atoms with van der Waals surface area (Å²) in [5.74, 6) is 1.01. The third-order valence-corrected chi connectivity index (χ3v) is 6.33. The fourth-order valence-corrected chi connectivity index (χ4v) is 4.51. The summed E-state index contributed by atoms with van der Waals surface area (Å²) in [6.45, 7) is 6.35. The normalized spacial score (nSPS) is 16.5. The number of hydrogen-bond acceptors (Lipinski definition) is 4. The number of carbonyl (C=O) groups excluding carboxylic acids is 1. The third-order valence-electron chi connectivity index (χ3n) is 4.25. The zero-order valence-corrected chi connectivity index (χ0v) is 15.9. The van der Waals surface area contributed by atoms with Gasteiger partial charge in [0.25, 0.3) is 0 Å². The van der Waals surface area contributed by atoms with E-state index in [1.165, 1.54) is 4.31 Å². The van der Waals surface area contributed by atoms with Gasteiger partial charge in [-0.05, 0) is 37.5 Å². The maximum Gasteiger partial charge on any atom is 0.227 e. The number of benzene rings is 1. The molecule has 0 unspecified atom stereocenters. The molecule has 1 saturated heterocycles. The Hall–Kier alpha value is -1.60. The van der Waals surface area contributed by atoms with Gasteiger partial charge in [-0.3, -0.25) is 4.79 Å². The Bertz CT molecular complexity index is 658. The van der Waals surface area contributed by atoms with Crippen LogP contribution in [0.1, 0.15) is 32.3 Å². The summed E-state index contributed by atoms with van der Waals surface area (Å²) in [5.41, 5.74) is 0.938. The van der Waals surface area contributed by atoms with E-state index in [0.717, 1.165) is 11.3 Å². The molecule has 1 amide bonds. The van der Waals surface area contributed by atoms with E-state index in [1.54, 1.807) is 4.90 Å². The molecular weight excluding hydrogens is 340 g/mol. The van der Waals surface area contributed by atoms with Gasteiger partial charge in [0.15, 0.2) is 0 Å². The molecule has 1 heterocycles. The molecule has 0 radical (unpaired) electrons. The van der Waals surface area contributed by atoms with Crippen molar-refractivity contribution in [3.8, 4) is 5.75 Å². The highest BCUT2D eigenvalue weighted by Crippen LogP contribution is 2.15. The molecule has 7 heteroatoms. The van der Waals surface area contributed by atoms with Crippen LogP contribution in [0.15, 0.2) is 24.3 Å². The standard InChI is InChI=1S/C18H28N2O4S/c1-3-14-25(22,23)20-11-5-10-19(12-13-20)18(21)15-16-6-8-17(9-7-16)24-4-2/h6-9H,3-5,10-15H2,1-2H3. The molecule has 1 aliphatic rings. The average molecular weight is 368 g/mol. The van der Waals surface area contributed by atoms with Crippen molar-refractivity contribution in [3.63, 3.8) is 0 Å². The molecule has 25 heavy (non-hydrogen) atoms. The predicted molar refractivity (Wildman–Crippen MR) is 98.2 cm³/mol. The lowest BCUT2D eigenvalue weighted by Crippen LogP contribution is -2.38. The number of nitrogens with zero attached hydrogens (tertiary/aromatic N) is 2. The van der Waals surface area contributed by atoms with Crippen LogP contribution in [-0.4, -0.2) is 62.1 Å². The number of amides is 1. The van der Waals surface area contributed by atoms with Crippen LogP contribution in [0.25, 0.3) is 0 Å². The fraction of sp³-hybridized carbons (Fsp3) is 0.611. The van der Waals surface area contributed by atoms with E-state index in [-0.39, 0.29) is 11.7 Å². The first-order valence-electron chi connectivity index (χ1n) is 8.93. The number of sulfonamides is 1. The van der Waals surface area contributed by atoms with Crippen molar-refractivity contribution >= 4 is 15.9 Å². The molecule has 0 aliphatic carbocycles. The van der Waals surface area contributed by atoms with Crippen LogP contribution >= 0.6 is 0 Å². The lowest BCUT2D eigenvalue weighted by atomic mass is 10.1. The van der Waals surface area contributed by atoms with Gasteiger partial charge in [-0.15, -0.1) is 0 Å². The molecule has 0 bridgehead atoms. The summed E-state index contributed by atoms with van der Waals surface area (Å²) >= 11 is 0. The number of ether oxygens (including phenoxy) is 1. The quantitative estimate of drug-likeness (QED) is 0.737. The van der Waals surface area contributed by atoms with Gasteiger partial charge in [0.05, 0.1) is 18.8 Å². The summed E-state index contributed by atoms with van der Waals surface area (Å²) < 4.78 is 31.3. The molecule has 0 atom stereocenters. The minimum Gasteiger partial charge on any atom is -0.494 e. The first-order chi connectivity index (χ1) is 12.0. The molecule has 1 aromatic rings. The minimum absolute atomic E-state index is 0.0406. The van der Waals surface area contributed by atoms with Gasteiger partial charge in [0.2, 0.25) is 15.9 Å². The van der Waals surface area contributed by atoms with Crippen molar-refractivity contribution in [2.45, 2.75) is 33.1 Å². The van der Waals surface area contributed by atoms with Gasteiger partial charge >= 0.3 is 0 Å². The number of hydrogen-bond donors (Lipinski definition) is 0. The second-order valence-electron chi connectivity index (χ2n) is 6.20. The Morgan fingerprint density at radius 2 is 1.80 bits per heavy atom. The van der Waals surface area contributed by atoms with E-state index in [0.29, 0.717) is 52.0 Å². The molecule has 6 nitrogen and oxygen atoms in total. The summed E-state index contributed by atoms with van der Waals surface area (Å²) in [5, 5.41) is 0. The van der Waals surface area contributed by atoms with Crippen LogP contribution in [0.4, 0.5) is 0 Å². The second-order valence-corrected chi connectivity index (χ2v) is 8.29. The van der Waals surface area contributed by atoms with E-state index in [1.807, 2.05) is 38.1 Å². The number of carbonyl (C=O) groups is 1. The Morgan fingerprint density at radius 1 is 1.08 bits per heavy atom. The van der Waals surface area contributed by atoms with Gasteiger partial charge in [-0.2, -0.15) is 0 Å². The molecule has 140 valence electrons. The largest absolute Gasteiger partial charge is 0.494 e. The summed E-state index contributed by atoms with van der Waals surface area (Å²) in [6, 6.07) is 7.54. The van der Waals surface area contributed by atoms with Gasteiger partial charge in [0, 0.05) is 26.2 Å². The van der Waals surface area contributed by atoms with Crippen LogP contribution in [0.5, 0.6) is 5.75 Å². The van der Waals surface area contributed by atoms with Gasteiger partial charge in [-0.25, -0.2) is 12.7 Å². The van der Waals surface area contributed by atoms with E-state index in [9.17, 15) is 13.2 Å². The van der Waals surface area contributed by atoms with Crippen LogP contribution < -0.4 is 4.74 Å². The fourth-order valence-electron chi connectivity index (χ4n) is 2.97. The smallest absolute Gasteiger partial charge is 0.227 e. The van der Waals surface area contributed by atoms with Crippen molar-refractivity contribution in [1.82, 2.24) is 9.21 Å². The monoisotopic (exact) mass is 368 g/mol. The van der Waals surface area contributed by atoms with E-state index in [4.69, 9.17) is 4.74 Å². The zero-order chi connectivity index (χ0) is 18.3. The van der Waals surface area contributed by atoms with Gasteiger partial charge in [-0.1, -0.05) is 19.1 Å². The average Bonchev–Trinajstić information content (AvgIpc) is 2.83. The maximum absolute atomic E-state index is 12.5. The number of rotatable bonds is 7. The van der Waals surface area contributed by atoms with Crippen molar-refractivity contribution < 1.29 is 17.9 Å². The Labute approximate surface area is 150 Å². The van der Waals surface area contributed by atoms with Gasteiger partial charge in [0.1, 0.15) is 5.75 Å². The highest BCUT2D eigenvalue weighted by atomic mass is 32.2. The second kappa shape index (κ2) is 9.20. The summed E-state index contributed by atoms with van der Waals surface area (Å²) in [4.78, 5) is 14.3. The molecule has 0 N–H and O–H groups in total. The van der Waals surface area contributed by atoms with E-state index < -0.39 is 10.0 Å². The first-order valence-corrected chi connectivity index (χ1v) is 10.5.